The molecule has 8 nitrogen and oxygen atoms in total. The van der Waals surface area contributed by atoms with Crippen molar-refractivity contribution in [3.05, 3.63) is 59.9 Å². The number of hydrogen-bond donors (Lipinski definition) is 0. The molecule has 1 fully saturated rings. The molecule has 0 radical (unpaired) electrons. The largest absolute Gasteiger partial charge is 0.487 e. The SMILES string of the molecule is Cn1cc(C(=O)N2CC(n3cc(COc4ccc(F)cc4)nn3)C2)cn1. The molecule has 0 unspecified atom stereocenters. The molecule has 0 spiro atoms. The fourth-order valence-electron chi connectivity index (χ4n) is 2.75. The van der Waals surface area contributed by atoms with Crippen molar-refractivity contribution in [2.75, 3.05) is 13.1 Å². The van der Waals surface area contributed by atoms with Gasteiger partial charge in [-0.25, -0.2) is 9.07 Å². The average molecular weight is 356 g/mol. The average Bonchev–Trinajstić information content (AvgIpc) is 3.22. The number of carbonyl (C=O) groups excluding carboxylic acids is 1. The number of rotatable bonds is 5. The molecule has 4 rings (SSSR count). The van der Waals surface area contributed by atoms with E-state index in [1.165, 1.54) is 12.1 Å². The van der Waals surface area contributed by atoms with E-state index >= 15 is 0 Å². The lowest BCUT2D eigenvalue weighted by molar-refractivity contribution is 0.0498. The number of nitrogens with zero attached hydrogens (tertiary/aromatic N) is 6. The van der Waals surface area contributed by atoms with Gasteiger partial charge in [0.25, 0.3) is 5.91 Å². The molecule has 0 atom stereocenters. The maximum atomic E-state index is 12.9. The highest BCUT2D eigenvalue weighted by molar-refractivity contribution is 5.94. The molecule has 9 heteroatoms. The van der Waals surface area contributed by atoms with Crippen LogP contribution in [0.15, 0.2) is 42.9 Å². The Morgan fingerprint density at radius 1 is 1.27 bits per heavy atom. The Hall–Kier alpha value is -3.23. The minimum absolute atomic E-state index is 0.0330. The van der Waals surface area contributed by atoms with E-state index < -0.39 is 0 Å². The van der Waals surface area contributed by atoms with Gasteiger partial charge < -0.3 is 9.64 Å². The second-order valence-electron chi connectivity index (χ2n) is 6.20. The highest BCUT2D eigenvalue weighted by Gasteiger charge is 2.33. The number of ether oxygens (including phenoxy) is 1. The number of hydrogen-bond acceptors (Lipinski definition) is 5. The quantitative estimate of drug-likeness (QED) is 0.691. The minimum Gasteiger partial charge on any atom is -0.487 e. The molecular formula is C17H17FN6O2. The monoisotopic (exact) mass is 356 g/mol. The Labute approximate surface area is 148 Å². The number of aryl methyl sites for hydroxylation is 1. The summed E-state index contributed by atoms with van der Waals surface area (Å²) in [5.74, 6) is 0.228. The Morgan fingerprint density at radius 3 is 2.73 bits per heavy atom. The van der Waals surface area contributed by atoms with E-state index in [0.29, 0.717) is 30.1 Å². The molecule has 1 amide bonds. The van der Waals surface area contributed by atoms with Crippen LogP contribution < -0.4 is 4.74 Å². The van der Waals surface area contributed by atoms with Gasteiger partial charge in [-0.15, -0.1) is 5.10 Å². The minimum atomic E-state index is -0.307. The predicted molar refractivity (Wildman–Crippen MR) is 88.9 cm³/mol. The molecule has 0 saturated carbocycles. The van der Waals surface area contributed by atoms with E-state index in [-0.39, 0.29) is 24.4 Å². The number of amides is 1. The van der Waals surface area contributed by atoms with E-state index in [0.717, 1.165) is 0 Å². The van der Waals surface area contributed by atoms with Gasteiger partial charge in [0.05, 0.1) is 24.0 Å². The first-order valence-corrected chi connectivity index (χ1v) is 8.15. The first-order chi connectivity index (χ1) is 12.6. The van der Waals surface area contributed by atoms with Gasteiger partial charge in [0.1, 0.15) is 23.9 Å². The van der Waals surface area contributed by atoms with E-state index in [4.69, 9.17) is 4.74 Å². The summed E-state index contributed by atoms with van der Waals surface area (Å²) in [7, 11) is 1.78. The normalized spacial score (nSPS) is 14.3. The van der Waals surface area contributed by atoms with Crippen molar-refractivity contribution < 1.29 is 13.9 Å². The summed E-state index contributed by atoms with van der Waals surface area (Å²) in [5, 5.41) is 12.2. The van der Waals surface area contributed by atoms with Gasteiger partial charge in [0.15, 0.2) is 0 Å². The lowest BCUT2D eigenvalue weighted by Crippen LogP contribution is -2.50. The molecule has 0 bridgehead atoms. The van der Waals surface area contributed by atoms with Crippen LogP contribution >= 0.6 is 0 Å². The van der Waals surface area contributed by atoms with Gasteiger partial charge in [-0.2, -0.15) is 5.10 Å². The number of aromatic nitrogens is 5. The molecular weight excluding hydrogens is 339 g/mol. The molecule has 3 heterocycles. The second-order valence-corrected chi connectivity index (χ2v) is 6.20. The fourth-order valence-corrected chi connectivity index (χ4v) is 2.75. The third-order valence-electron chi connectivity index (χ3n) is 4.23. The van der Waals surface area contributed by atoms with Crippen molar-refractivity contribution in [1.82, 2.24) is 29.7 Å². The summed E-state index contributed by atoms with van der Waals surface area (Å²) in [6.07, 6.45) is 5.08. The van der Waals surface area contributed by atoms with E-state index in [1.54, 1.807) is 52.0 Å². The molecule has 26 heavy (non-hydrogen) atoms. The van der Waals surface area contributed by atoms with E-state index in [1.807, 2.05) is 0 Å². The lowest BCUT2D eigenvalue weighted by atomic mass is 10.1. The maximum Gasteiger partial charge on any atom is 0.257 e. The molecule has 3 aromatic rings. The summed E-state index contributed by atoms with van der Waals surface area (Å²) in [5.41, 5.74) is 1.25. The molecule has 134 valence electrons. The van der Waals surface area contributed by atoms with Crippen LogP contribution in [0.25, 0.3) is 0 Å². The van der Waals surface area contributed by atoms with Crippen molar-refractivity contribution in [1.29, 1.82) is 0 Å². The van der Waals surface area contributed by atoms with Gasteiger partial charge >= 0.3 is 0 Å². The number of carbonyl (C=O) groups is 1. The molecule has 0 N–H and O–H groups in total. The molecule has 1 saturated heterocycles. The van der Waals surface area contributed by atoms with Crippen molar-refractivity contribution >= 4 is 5.91 Å². The first kappa shape index (κ1) is 16.2. The zero-order valence-corrected chi connectivity index (χ0v) is 14.1. The number of benzene rings is 1. The number of likely N-dealkylation sites (tertiary alicyclic amines) is 1. The second kappa shape index (κ2) is 6.58. The first-order valence-electron chi connectivity index (χ1n) is 8.15. The molecule has 0 aliphatic carbocycles. The topological polar surface area (TPSA) is 78.1 Å². The molecule has 1 aliphatic rings. The van der Waals surface area contributed by atoms with Crippen LogP contribution in [0.2, 0.25) is 0 Å². The highest BCUT2D eigenvalue weighted by Crippen LogP contribution is 2.22. The summed E-state index contributed by atoms with van der Waals surface area (Å²) < 4.78 is 21.8. The Morgan fingerprint density at radius 2 is 2.04 bits per heavy atom. The van der Waals surface area contributed by atoms with Crippen molar-refractivity contribution in [3.8, 4) is 5.75 Å². The summed E-state index contributed by atoms with van der Waals surface area (Å²) in [6.45, 7) is 1.40. The Kier molecular flexibility index (Phi) is 4.11. The number of halogens is 1. The fraction of sp³-hybridized carbons (Fsp3) is 0.294. The third kappa shape index (κ3) is 3.28. The molecule has 1 aromatic carbocycles. The smallest absolute Gasteiger partial charge is 0.257 e. The predicted octanol–water partition coefficient (Wildman–Crippen LogP) is 1.43. The maximum absolute atomic E-state index is 12.9. The highest BCUT2D eigenvalue weighted by atomic mass is 19.1. The van der Waals surface area contributed by atoms with Gasteiger partial charge in [0.2, 0.25) is 0 Å². The van der Waals surface area contributed by atoms with E-state index in [2.05, 4.69) is 15.4 Å². The zero-order chi connectivity index (χ0) is 18.1. The standard InChI is InChI=1S/C17H17FN6O2/c1-22-7-12(6-19-22)17(25)23-9-15(10-23)24-8-14(20-21-24)11-26-16-4-2-13(18)3-5-16/h2-8,15H,9-11H2,1H3. The van der Waals surface area contributed by atoms with Crippen molar-refractivity contribution in [3.63, 3.8) is 0 Å². The summed E-state index contributed by atoms with van der Waals surface area (Å²) in [6, 6.07) is 5.91. The Balaban J connectivity index is 1.30. The van der Waals surface area contributed by atoms with Crippen LogP contribution in [0.1, 0.15) is 22.1 Å². The van der Waals surface area contributed by atoms with Gasteiger partial charge in [-0.3, -0.25) is 9.48 Å². The van der Waals surface area contributed by atoms with Gasteiger partial charge in [-0.05, 0) is 24.3 Å². The van der Waals surface area contributed by atoms with E-state index in [9.17, 15) is 9.18 Å². The van der Waals surface area contributed by atoms with Crippen molar-refractivity contribution in [2.45, 2.75) is 12.6 Å². The molecule has 1 aliphatic heterocycles. The summed E-state index contributed by atoms with van der Waals surface area (Å²) in [4.78, 5) is 14.0. The van der Waals surface area contributed by atoms with Crippen LogP contribution in [0.5, 0.6) is 5.75 Å². The summed E-state index contributed by atoms with van der Waals surface area (Å²) >= 11 is 0. The van der Waals surface area contributed by atoms with Gasteiger partial charge in [-0.1, -0.05) is 5.21 Å². The van der Waals surface area contributed by atoms with Crippen LogP contribution in [-0.4, -0.2) is 48.7 Å². The van der Waals surface area contributed by atoms with Crippen LogP contribution in [0.3, 0.4) is 0 Å². The third-order valence-corrected chi connectivity index (χ3v) is 4.23. The lowest BCUT2D eigenvalue weighted by Gasteiger charge is -2.38. The van der Waals surface area contributed by atoms with Crippen LogP contribution in [0, 0.1) is 5.82 Å². The van der Waals surface area contributed by atoms with Crippen LogP contribution in [-0.2, 0) is 13.7 Å². The Bertz CT molecular complexity index is 913. The van der Waals surface area contributed by atoms with Crippen molar-refractivity contribution in [2.24, 2.45) is 7.05 Å². The van der Waals surface area contributed by atoms with Crippen LogP contribution in [0.4, 0.5) is 4.39 Å². The van der Waals surface area contributed by atoms with Gasteiger partial charge in [0, 0.05) is 26.3 Å². The zero-order valence-electron chi connectivity index (χ0n) is 14.1. The molecule has 2 aromatic heterocycles.